The van der Waals surface area contributed by atoms with E-state index in [2.05, 4.69) is 10.6 Å². The van der Waals surface area contributed by atoms with Gasteiger partial charge in [-0.05, 0) is 23.3 Å². The van der Waals surface area contributed by atoms with Crippen molar-refractivity contribution in [3.05, 3.63) is 63.6 Å². The maximum absolute atomic E-state index is 11.9. The molecule has 0 aliphatic rings. The number of amides is 2. The number of aliphatic hydroxyl groups is 1. The van der Waals surface area contributed by atoms with E-state index in [4.69, 9.17) is 23.2 Å². The van der Waals surface area contributed by atoms with Crippen LogP contribution >= 0.6 is 23.2 Å². The molecule has 0 aliphatic heterocycles. The lowest BCUT2D eigenvalue weighted by molar-refractivity contribution is -0.136. The zero-order valence-electron chi connectivity index (χ0n) is 12.0. The first-order valence-electron chi connectivity index (χ1n) is 6.73. The van der Waals surface area contributed by atoms with Crippen molar-refractivity contribution < 1.29 is 14.7 Å². The maximum Gasteiger partial charge on any atom is 0.313 e. The van der Waals surface area contributed by atoms with Gasteiger partial charge < -0.3 is 15.7 Å². The summed E-state index contributed by atoms with van der Waals surface area (Å²) >= 11 is 11.8. The molecule has 7 heteroatoms. The standard InChI is InChI=1S/C16H14Cl2N2O3/c17-12-6-3-7-13(14(12)18)20-16(23)15(22)19-8-10-4-1-2-5-11(10)9-21/h1-7,21H,8-9H2,(H,19,22)(H,20,23). The third kappa shape index (κ3) is 4.45. The predicted molar refractivity (Wildman–Crippen MR) is 89.3 cm³/mol. The van der Waals surface area contributed by atoms with Crippen molar-refractivity contribution in [3.63, 3.8) is 0 Å². The summed E-state index contributed by atoms with van der Waals surface area (Å²) in [5, 5.41) is 14.6. The molecule has 0 unspecified atom stereocenters. The van der Waals surface area contributed by atoms with Crippen LogP contribution in [0.15, 0.2) is 42.5 Å². The zero-order chi connectivity index (χ0) is 16.8. The second-order valence-electron chi connectivity index (χ2n) is 4.67. The normalized spacial score (nSPS) is 10.2. The predicted octanol–water partition coefficient (Wildman–Crippen LogP) is 2.74. The summed E-state index contributed by atoms with van der Waals surface area (Å²) in [6.45, 7) is -0.0113. The van der Waals surface area contributed by atoms with Crippen LogP contribution in [0.2, 0.25) is 10.0 Å². The van der Waals surface area contributed by atoms with Crippen LogP contribution in [-0.4, -0.2) is 16.9 Å². The van der Waals surface area contributed by atoms with Crippen LogP contribution in [0.4, 0.5) is 5.69 Å². The molecule has 3 N–H and O–H groups in total. The second-order valence-corrected chi connectivity index (χ2v) is 5.45. The van der Waals surface area contributed by atoms with Crippen molar-refractivity contribution in [2.45, 2.75) is 13.2 Å². The van der Waals surface area contributed by atoms with Gasteiger partial charge in [-0.25, -0.2) is 0 Å². The molecular formula is C16H14Cl2N2O3. The van der Waals surface area contributed by atoms with E-state index in [1.165, 1.54) is 0 Å². The quantitative estimate of drug-likeness (QED) is 0.740. The van der Waals surface area contributed by atoms with E-state index >= 15 is 0 Å². The highest BCUT2D eigenvalue weighted by Gasteiger charge is 2.16. The number of carbonyl (C=O) groups excluding carboxylic acids is 2. The first kappa shape index (κ1) is 17.3. The molecular weight excluding hydrogens is 339 g/mol. The molecule has 2 aromatic rings. The Labute approximate surface area is 143 Å². The van der Waals surface area contributed by atoms with Crippen molar-refractivity contribution >= 4 is 40.7 Å². The number of hydrogen-bond donors (Lipinski definition) is 3. The molecule has 0 saturated heterocycles. The van der Waals surface area contributed by atoms with E-state index in [-0.39, 0.29) is 28.9 Å². The van der Waals surface area contributed by atoms with Gasteiger partial charge in [0.05, 0.1) is 22.3 Å². The summed E-state index contributed by atoms with van der Waals surface area (Å²) in [7, 11) is 0. The third-order valence-corrected chi connectivity index (χ3v) is 3.95. The molecule has 0 aliphatic carbocycles. The van der Waals surface area contributed by atoms with Crippen molar-refractivity contribution in [3.8, 4) is 0 Å². The molecule has 2 rings (SSSR count). The Morgan fingerprint density at radius 1 is 0.957 bits per heavy atom. The molecule has 0 atom stereocenters. The Balaban J connectivity index is 1.98. The van der Waals surface area contributed by atoms with Gasteiger partial charge in [-0.1, -0.05) is 53.5 Å². The smallest absolute Gasteiger partial charge is 0.313 e. The summed E-state index contributed by atoms with van der Waals surface area (Å²) in [6.07, 6.45) is 0. The topological polar surface area (TPSA) is 78.4 Å². The molecule has 120 valence electrons. The van der Waals surface area contributed by atoms with E-state index in [1.807, 2.05) is 0 Å². The number of carbonyl (C=O) groups is 2. The lowest BCUT2D eigenvalue weighted by atomic mass is 10.1. The average Bonchev–Trinajstić information content (AvgIpc) is 2.57. The number of halogens is 2. The SMILES string of the molecule is O=C(NCc1ccccc1CO)C(=O)Nc1cccc(Cl)c1Cl. The zero-order valence-corrected chi connectivity index (χ0v) is 13.5. The molecule has 0 heterocycles. The number of benzene rings is 2. The minimum absolute atomic E-state index is 0.131. The fourth-order valence-corrected chi connectivity index (χ4v) is 2.27. The first-order chi connectivity index (χ1) is 11.0. The molecule has 2 aromatic carbocycles. The fraction of sp³-hybridized carbons (Fsp3) is 0.125. The minimum Gasteiger partial charge on any atom is -0.392 e. The lowest BCUT2D eigenvalue weighted by Gasteiger charge is -2.10. The molecule has 0 fully saturated rings. The van der Waals surface area contributed by atoms with E-state index in [9.17, 15) is 14.7 Å². The summed E-state index contributed by atoms with van der Waals surface area (Å²) in [5.74, 6) is -1.66. The summed E-state index contributed by atoms with van der Waals surface area (Å²) in [5.41, 5.74) is 1.68. The van der Waals surface area contributed by atoms with E-state index < -0.39 is 11.8 Å². The van der Waals surface area contributed by atoms with Crippen LogP contribution in [0, 0.1) is 0 Å². The number of aliphatic hydroxyl groups excluding tert-OH is 1. The minimum atomic E-state index is -0.851. The Bertz CT molecular complexity index is 735. The van der Waals surface area contributed by atoms with Gasteiger partial charge in [0, 0.05) is 6.54 Å². The van der Waals surface area contributed by atoms with Crippen LogP contribution in [0.1, 0.15) is 11.1 Å². The lowest BCUT2D eigenvalue weighted by Crippen LogP contribution is -2.35. The van der Waals surface area contributed by atoms with E-state index in [0.717, 1.165) is 5.56 Å². The number of nitrogens with one attached hydrogen (secondary N) is 2. The van der Waals surface area contributed by atoms with E-state index in [0.29, 0.717) is 5.56 Å². The highest BCUT2D eigenvalue weighted by molar-refractivity contribution is 6.45. The summed E-state index contributed by atoms with van der Waals surface area (Å²) < 4.78 is 0. The van der Waals surface area contributed by atoms with Gasteiger partial charge in [0.1, 0.15) is 0 Å². The largest absolute Gasteiger partial charge is 0.392 e. The van der Waals surface area contributed by atoms with Gasteiger partial charge in [0.15, 0.2) is 0 Å². The Morgan fingerprint density at radius 3 is 2.35 bits per heavy atom. The van der Waals surface area contributed by atoms with Gasteiger partial charge >= 0.3 is 11.8 Å². The average molecular weight is 353 g/mol. The van der Waals surface area contributed by atoms with Gasteiger partial charge in [0.25, 0.3) is 0 Å². The van der Waals surface area contributed by atoms with Crippen molar-refractivity contribution in [2.75, 3.05) is 5.32 Å². The summed E-state index contributed by atoms with van der Waals surface area (Å²) in [4.78, 5) is 23.7. The monoisotopic (exact) mass is 352 g/mol. The van der Waals surface area contributed by atoms with Gasteiger partial charge in [0.2, 0.25) is 0 Å². The van der Waals surface area contributed by atoms with Crippen LogP contribution in [0.5, 0.6) is 0 Å². The van der Waals surface area contributed by atoms with Crippen LogP contribution < -0.4 is 10.6 Å². The maximum atomic E-state index is 11.9. The number of hydrogen-bond acceptors (Lipinski definition) is 3. The fourth-order valence-electron chi connectivity index (χ4n) is 1.92. The van der Waals surface area contributed by atoms with Gasteiger partial charge in [-0.3, -0.25) is 9.59 Å². The summed E-state index contributed by atoms with van der Waals surface area (Å²) in [6, 6.07) is 11.8. The Hall–Kier alpha value is -2.08. The van der Waals surface area contributed by atoms with E-state index in [1.54, 1.807) is 42.5 Å². The van der Waals surface area contributed by atoms with Gasteiger partial charge in [-0.15, -0.1) is 0 Å². The molecule has 0 bridgehead atoms. The molecule has 5 nitrogen and oxygen atoms in total. The third-order valence-electron chi connectivity index (χ3n) is 3.13. The Morgan fingerprint density at radius 2 is 1.65 bits per heavy atom. The van der Waals surface area contributed by atoms with Crippen molar-refractivity contribution in [2.24, 2.45) is 0 Å². The molecule has 2 amide bonds. The van der Waals surface area contributed by atoms with Crippen LogP contribution in [0.3, 0.4) is 0 Å². The first-order valence-corrected chi connectivity index (χ1v) is 7.49. The molecule has 0 spiro atoms. The number of anilines is 1. The molecule has 0 aromatic heterocycles. The molecule has 0 saturated carbocycles. The molecule has 0 radical (unpaired) electrons. The van der Waals surface area contributed by atoms with Crippen molar-refractivity contribution in [1.29, 1.82) is 0 Å². The van der Waals surface area contributed by atoms with Gasteiger partial charge in [-0.2, -0.15) is 0 Å². The number of rotatable bonds is 4. The Kier molecular flexibility index (Phi) is 5.98. The van der Waals surface area contributed by atoms with Crippen molar-refractivity contribution in [1.82, 2.24) is 5.32 Å². The molecule has 23 heavy (non-hydrogen) atoms. The van der Waals surface area contributed by atoms with Crippen LogP contribution in [0.25, 0.3) is 0 Å². The van der Waals surface area contributed by atoms with Crippen LogP contribution in [-0.2, 0) is 22.7 Å². The highest BCUT2D eigenvalue weighted by atomic mass is 35.5. The highest BCUT2D eigenvalue weighted by Crippen LogP contribution is 2.29. The second kappa shape index (κ2) is 7.97.